The van der Waals surface area contributed by atoms with Crippen molar-refractivity contribution in [1.29, 1.82) is 0 Å². The molecule has 4 heteroatoms. The van der Waals surface area contributed by atoms with Gasteiger partial charge in [0.2, 0.25) is 0 Å². The molecule has 1 aliphatic rings. The van der Waals surface area contributed by atoms with Crippen LogP contribution in [-0.4, -0.2) is 37.1 Å². The van der Waals surface area contributed by atoms with Crippen molar-refractivity contribution in [3.63, 3.8) is 0 Å². The quantitative estimate of drug-likeness (QED) is 0.813. The van der Waals surface area contributed by atoms with Crippen LogP contribution in [0.3, 0.4) is 0 Å². The molecule has 4 nitrogen and oxygen atoms in total. The Balaban J connectivity index is 1.70. The Morgan fingerprint density at radius 2 is 2.05 bits per heavy atom. The molecule has 0 aliphatic carbocycles. The molecule has 1 heterocycles. The number of aliphatic hydroxyl groups is 1. The molecule has 2 N–H and O–H groups in total. The fraction of sp³-hybridized carbons (Fsp3) is 0.667. The number of hydrogen-bond acceptors (Lipinski definition) is 4. The van der Waals surface area contributed by atoms with E-state index in [0.717, 1.165) is 31.7 Å². The molecule has 1 saturated heterocycles. The maximum Gasteiger partial charge on any atom is 0.119 e. The molecule has 1 fully saturated rings. The van der Waals surface area contributed by atoms with Crippen LogP contribution >= 0.6 is 0 Å². The number of rotatable bonds is 7. The van der Waals surface area contributed by atoms with Gasteiger partial charge in [0.1, 0.15) is 12.4 Å². The summed E-state index contributed by atoms with van der Waals surface area (Å²) in [5, 5.41) is 13.3. The maximum absolute atomic E-state index is 9.99. The summed E-state index contributed by atoms with van der Waals surface area (Å²) < 4.78 is 11.3. The Hall–Kier alpha value is -1.10. The second-order valence-corrected chi connectivity index (χ2v) is 7.10. The SMILES string of the molecule is CC(C)(C)C(O)CNCc1ccc(OCC2CCCO2)cc1. The first-order chi connectivity index (χ1) is 10.4. The van der Waals surface area contributed by atoms with Crippen LogP contribution in [0.15, 0.2) is 24.3 Å². The molecule has 0 amide bonds. The predicted octanol–water partition coefficient (Wildman–Crippen LogP) is 2.74. The van der Waals surface area contributed by atoms with Crippen molar-refractivity contribution >= 4 is 0 Å². The lowest BCUT2D eigenvalue weighted by Crippen LogP contribution is -2.36. The van der Waals surface area contributed by atoms with Crippen molar-refractivity contribution in [2.45, 2.75) is 52.4 Å². The van der Waals surface area contributed by atoms with Gasteiger partial charge in [0, 0.05) is 19.7 Å². The van der Waals surface area contributed by atoms with Crippen LogP contribution in [0.25, 0.3) is 0 Å². The lowest BCUT2D eigenvalue weighted by atomic mass is 9.89. The van der Waals surface area contributed by atoms with Crippen molar-refractivity contribution in [1.82, 2.24) is 5.32 Å². The number of nitrogens with one attached hydrogen (secondary N) is 1. The van der Waals surface area contributed by atoms with Gasteiger partial charge in [-0.05, 0) is 36.0 Å². The minimum atomic E-state index is -0.346. The molecule has 1 aromatic rings. The second kappa shape index (κ2) is 7.95. The highest BCUT2D eigenvalue weighted by atomic mass is 16.5. The summed E-state index contributed by atoms with van der Waals surface area (Å²) in [5.41, 5.74) is 1.10. The largest absolute Gasteiger partial charge is 0.491 e. The van der Waals surface area contributed by atoms with Crippen LogP contribution in [0.1, 0.15) is 39.2 Å². The molecule has 0 saturated carbocycles. The molecular formula is C18H29NO3. The molecule has 0 bridgehead atoms. The molecular weight excluding hydrogens is 278 g/mol. The maximum atomic E-state index is 9.99. The fourth-order valence-corrected chi connectivity index (χ4v) is 2.33. The van der Waals surface area contributed by atoms with Gasteiger partial charge in [0.15, 0.2) is 0 Å². The molecule has 0 radical (unpaired) electrons. The Labute approximate surface area is 133 Å². The number of hydrogen-bond donors (Lipinski definition) is 2. The molecule has 1 aromatic carbocycles. The summed E-state index contributed by atoms with van der Waals surface area (Å²) in [6, 6.07) is 8.10. The van der Waals surface area contributed by atoms with Crippen LogP contribution in [0.5, 0.6) is 5.75 Å². The summed E-state index contributed by atoms with van der Waals surface area (Å²) in [5.74, 6) is 0.883. The van der Waals surface area contributed by atoms with Gasteiger partial charge in [0.05, 0.1) is 12.2 Å². The van der Waals surface area contributed by atoms with Gasteiger partial charge >= 0.3 is 0 Å². The van der Waals surface area contributed by atoms with Gasteiger partial charge in [-0.25, -0.2) is 0 Å². The number of benzene rings is 1. The lowest BCUT2D eigenvalue weighted by molar-refractivity contribution is 0.0627. The van der Waals surface area contributed by atoms with E-state index in [2.05, 4.69) is 17.4 Å². The first-order valence-corrected chi connectivity index (χ1v) is 8.17. The molecule has 2 unspecified atom stereocenters. The van der Waals surface area contributed by atoms with E-state index >= 15 is 0 Å². The van der Waals surface area contributed by atoms with Gasteiger partial charge in [-0.2, -0.15) is 0 Å². The highest BCUT2D eigenvalue weighted by Gasteiger charge is 2.21. The van der Waals surface area contributed by atoms with Crippen LogP contribution in [0.4, 0.5) is 0 Å². The highest BCUT2D eigenvalue weighted by Crippen LogP contribution is 2.19. The smallest absolute Gasteiger partial charge is 0.119 e. The van der Waals surface area contributed by atoms with Crippen LogP contribution in [0.2, 0.25) is 0 Å². The lowest BCUT2D eigenvalue weighted by Gasteiger charge is -2.26. The summed E-state index contributed by atoms with van der Waals surface area (Å²) >= 11 is 0. The standard InChI is InChI=1S/C18H29NO3/c1-18(2,3)17(20)12-19-11-14-6-8-15(9-7-14)22-13-16-5-4-10-21-16/h6-9,16-17,19-20H,4-5,10-13H2,1-3H3. The second-order valence-electron chi connectivity index (χ2n) is 7.10. The Bertz CT molecular complexity index is 433. The Morgan fingerprint density at radius 1 is 1.32 bits per heavy atom. The van der Waals surface area contributed by atoms with E-state index < -0.39 is 0 Å². The van der Waals surface area contributed by atoms with Gasteiger partial charge in [-0.1, -0.05) is 32.9 Å². The van der Waals surface area contributed by atoms with E-state index in [0.29, 0.717) is 13.2 Å². The van der Waals surface area contributed by atoms with Crippen LogP contribution in [0, 0.1) is 5.41 Å². The normalized spacial score (nSPS) is 20.1. The minimum absolute atomic E-state index is 0.0903. The van der Waals surface area contributed by atoms with Gasteiger partial charge in [0.25, 0.3) is 0 Å². The molecule has 124 valence electrons. The van der Waals surface area contributed by atoms with Gasteiger partial charge in [-0.3, -0.25) is 0 Å². The van der Waals surface area contributed by atoms with Crippen molar-refractivity contribution in [3.05, 3.63) is 29.8 Å². The zero-order valence-electron chi connectivity index (χ0n) is 14.0. The zero-order valence-corrected chi connectivity index (χ0v) is 14.0. The Morgan fingerprint density at radius 3 is 2.64 bits per heavy atom. The van der Waals surface area contributed by atoms with Crippen molar-refractivity contribution < 1.29 is 14.6 Å². The van der Waals surface area contributed by atoms with Crippen molar-refractivity contribution in [3.8, 4) is 5.75 Å². The molecule has 1 aliphatic heterocycles. The van der Waals surface area contributed by atoms with E-state index in [-0.39, 0.29) is 17.6 Å². The van der Waals surface area contributed by atoms with E-state index in [1.54, 1.807) is 0 Å². The first-order valence-electron chi connectivity index (χ1n) is 8.17. The van der Waals surface area contributed by atoms with E-state index in [1.165, 1.54) is 5.56 Å². The van der Waals surface area contributed by atoms with Gasteiger partial charge < -0.3 is 19.9 Å². The summed E-state index contributed by atoms with van der Waals surface area (Å²) in [6.45, 7) is 8.97. The average molecular weight is 307 g/mol. The summed E-state index contributed by atoms with van der Waals surface area (Å²) in [6.07, 6.45) is 2.14. The first kappa shape index (κ1) is 17.3. The van der Waals surface area contributed by atoms with E-state index in [4.69, 9.17) is 9.47 Å². The molecule has 22 heavy (non-hydrogen) atoms. The highest BCUT2D eigenvalue weighted by molar-refractivity contribution is 5.27. The number of ether oxygens (including phenoxy) is 2. The monoisotopic (exact) mass is 307 g/mol. The fourth-order valence-electron chi connectivity index (χ4n) is 2.33. The average Bonchev–Trinajstić information content (AvgIpc) is 2.98. The zero-order chi connectivity index (χ0) is 16.0. The number of aliphatic hydroxyl groups excluding tert-OH is 1. The van der Waals surface area contributed by atoms with E-state index in [1.807, 2.05) is 32.9 Å². The third-order valence-electron chi connectivity index (χ3n) is 4.05. The molecule has 0 spiro atoms. The van der Waals surface area contributed by atoms with E-state index in [9.17, 15) is 5.11 Å². The third kappa shape index (κ3) is 5.59. The third-order valence-corrected chi connectivity index (χ3v) is 4.05. The van der Waals surface area contributed by atoms with Crippen LogP contribution in [-0.2, 0) is 11.3 Å². The van der Waals surface area contributed by atoms with Gasteiger partial charge in [-0.15, -0.1) is 0 Å². The van der Waals surface area contributed by atoms with Crippen molar-refractivity contribution in [2.75, 3.05) is 19.8 Å². The van der Waals surface area contributed by atoms with Crippen molar-refractivity contribution in [2.24, 2.45) is 5.41 Å². The Kier molecular flexibility index (Phi) is 6.24. The minimum Gasteiger partial charge on any atom is -0.491 e. The summed E-state index contributed by atoms with van der Waals surface area (Å²) in [7, 11) is 0. The summed E-state index contributed by atoms with van der Waals surface area (Å²) in [4.78, 5) is 0. The predicted molar refractivity (Wildman–Crippen MR) is 88.1 cm³/mol. The molecule has 2 atom stereocenters. The molecule has 2 rings (SSSR count). The topological polar surface area (TPSA) is 50.7 Å². The van der Waals surface area contributed by atoms with Crippen LogP contribution < -0.4 is 10.1 Å². The molecule has 0 aromatic heterocycles.